The fraction of sp³-hybridized carbons (Fsp3) is 0.364. The number of carboxylic acids is 1. The number of hydrogen-bond donors (Lipinski definition) is 2. The summed E-state index contributed by atoms with van der Waals surface area (Å²) >= 11 is 0. The van der Waals surface area contributed by atoms with Crippen LogP contribution in [0.1, 0.15) is 22.0 Å². The lowest BCUT2D eigenvalue weighted by atomic mass is 10.0. The van der Waals surface area contributed by atoms with Gasteiger partial charge in [-0.05, 0) is 23.8 Å². The molecule has 1 aliphatic heterocycles. The zero-order valence-corrected chi connectivity index (χ0v) is 8.57. The van der Waals surface area contributed by atoms with E-state index in [1.165, 1.54) is 12.1 Å². The van der Waals surface area contributed by atoms with Gasteiger partial charge in [0, 0.05) is 13.1 Å². The molecular weight excluding hydrogens is 213 g/mol. The first kappa shape index (κ1) is 11.0. The van der Waals surface area contributed by atoms with Crippen molar-refractivity contribution in [2.45, 2.75) is 6.10 Å². The standard InChI is InChI=1S/C11H12FNO3/c12-9-4-7(3-8(5-9)11(14)15)10-6-13-1-2-16-10/h3-5,10,13H,1-2,6H2,(H,14,15). The Morgan fingerprint density at radius 1 is 1.50 bits per heavy atom. The first-order chi connectivity index (χ1) is 7.66. The largest absolute Gasteiger partial charge is 0.478 e. The molecule has 2 N–H and O–H groups in total. The van der Waals surface area contributed by atoms with Crippen molar-refractivity contribution in [2.24, 2.45) is 0 Å². The molecule has 2 rings (SSSR count). The summed E-state index contributed by atoms with van der Waals surface area (Å²) in [5, 5.41) is 11.9. The second-order valence-electron chi connectivity index (χ2n) is 3.64. The zero-order valence-electron chi connectivity index (χ0n) is 8.57. The van der Waals surface area contributed by atoms with E-state index in [1.807, 2.05) is 0 Å². The number of hydrogen-bond acceptors (Lipinski definition) is 3. The minimum atomic E-state index is -1.13. The molecule has 0 radical (unpaired) electrons. The van der Waals surface area contributed by atoms with Crippen LogP contribution in [-0.4, -0.2) is 30.8 Å². The van der Waals surface area contributed by atoms with Gasteiger partial charge in [0.2, 0.25) is 0 Å². The highest BCUT2D eigenvalue weighted by molar-refractivity contribution is 5.87. The molecule has 1 unspecified atom stereocenters. The summed E-state index contributed by atoms with van der Waals surface area (Å²) in [6.07, 6.45) is -0.275. The molecule has 5 heteroatoms. The fourth-order valence-corrected chi connectivity index (χ4v) is 1.70. The van der Waals surface area contributed by atoms with Crippen molar-refractivity contribution in [1.29, 1.82) is 0 Å². The molecular formula is C11H12FNO3. The number of rotatable bonds is 2. The first-order valence-corrected chi connectivity index (χ1v) is 5.03. The van der Waals surface area contributed by atoms with E-state index in [2.05, 4.69) is 5.32 Å². The third-order valence-electron chi connectivity index (χ3n) is 2.47. The maximum atomic E-state index is 13.2. The van der Waals surface area contributed by atoms with E-state index in [4.69, 9.17) is 9.84 Å². The summed E-state index contributed by atoms with van der Waals surface area (Å²) in [6, 6.07) is 3.76. The molecule has 4 nitrogen and oxygen atoms in total. The topological polar surface area (TPSA) is 58.6 Å². The lowest BCUT2D eigenvalue weighted by Gasteiger charge is -2.24. The summed E-state index contributed by atoms with van der Waals surface area (Å²) < 4.78 is 18.6. The molecule has 0 saturated carbocycles. The van der Waals surface area contributed by atoms with E-state index in [0.717, 1.165) is 12.6 Å². The molecule has 1 heterocycles. The van der Waals surface area contributed by atoms with Crippen molar-refractivity contribution < 1.29 is 19.0 Å². The van der Waals surface area contributed by atoms with Gasteiger partial charge in [0.25, 0.3) is 0 Å². The van der Waals surface area contributed by atoms with E-state index in [9.17, 15) is 9.18 Å². The quantitative estimate of drug-likeness (QED) is 0.793. The van der Waals surface area contributed by atoms with Gasteiger partial charge >= 0.3 is 5.97 Å². The van der Waals surface area contributed by atoms with Crippen LogP contribution in [0.5, 0.6) is 0 Å². The predicted molar refractivity (Wildman–Crippen MR) is 54.9 cm³/mol. The number of morpholine rings is 1. The van der Waals surface area contributed by atoms with Crippen molar-refractivity contribution >= 4 is 5.97 Å². The van der Waals surface area contributed by atoms with Gasteiger partial charge in [0.15, 0.2) is 0 Å². The van der Waals surface area contributed by atoms with E-state index in [0.29, 0.717) is 18.7 Å². The van der Waals surface area contributed by atoms with Crippen molar-refractivity contribution in [3.8, 4) is 0 Å². The van der Waals surface area contributed by atoms with Crippen LogP contribution in [0.3, 0.4) is 0 Å². The fourth-order valence-electron chi connectivity index (χ4n) is 1.70. The van der Waals surface area contributed by atoms with Crippen LogP contribution in [-0.2, 0) is 4.74 Å². The van der Waals surface area contributed by atoms with Gasteiger partial charge in [0.1, 0.15) is 5.82 Å². The second kappa shape index (κ2) is 4.59. The van der Waals surface area contributed by atoms with E-state index in [1.54, 1.807) is 0 Å². The normalized spacial score (nSPS) is 20.7. The van der Waals surface area contributed by atoms with Gasteiger partial charge in [-0.3, -0.25) is 0 Å². The highest BCUT2D eigenvalue weighted by Crippen LogP contribution is 2.21. The molecule has 1 aliphatic rings. The lowest BCUT2D eigenvalue weighted by Crippen LogP contribution is -2.33. The predicted octanol–water partition coefficient (Wildman–Crippen LogP) is 1.18. The second-order valence-corrected chi connectivity index (χ2v) is 3.64. The van der Waals surface area contributed by atoms with Crippen LogP contribution in [0.4, 0.5) is 4.39 Å². The summed E-state index contributed by atoms with van der Waals surface area (Å²) in [7, 11) is 0. The Morgan fingerprint density at radius 2 is 2.31 bits per heavy atom. The molecule has 1 atom stereocenters. The minimum absolute atomic E-state index is 0.0517. The highest BCUT2D eigenvalue weighted by Gasteiger charge is 2.18. The number of halogens is 1. The third kappa shape index (κ3) is 2.37. The number of carbonyl (C=O) groups is 1. The van der Waals surface area contributed by atoms with Gasteiger partial charge < -0.3 is 15.2 Å². The van der Waals surface area contributed by atoms with E-state index >= 15 is 0 Å². The maximum Gasteiger partial charge on any atom is 0.335 e. The van der Waals surface area contributed by atoms with Crippen LogP contribution in [0, 0.1) is 5.82 Å². The molecule has 0 aromatic heterocycles. The molecule has 0 spiro atoms. The van der Waals surface area contributed by atoms with Crippen LogP contribution in [0.2, 0.25) is 0 Å². The summed E-state index contributed by atoms with van der Waals surface area (Å²) in [5.41, 5.74) is 0.508. The molecule has 1 aromatic carbocycles. The molecule has 86 valence electrons. The molecule has 0 bridgehead atoms. The zero-order chi connectivity index (χ0) is 11.5. The van der Waals surface area contributed by atoms with Crippen LogP contribution >= 0.6 is 0 Å². The van der Waals surface area contributed by atoms with Crippen molar-refractivity contribution in [3.05, 3.63) is 35.1 Å². The SMILES string of the molecule is O=C(O)c1cc(F)cc(C2CNCCO2)c1. The van der Waals surface area contributed by atoms with Gasteiger partial charge in [-0.1, -0.05) is 0 Å². The Morgan fingerprint density at radius 3 is 2.94 bits per heavy atom. The van der Waals surface area contributed by atoms with Crippen LogP contribution in [0.25, 0.3) is 0 Å². The lowest BCUT2D eigenvalue weighted by molar-refractivity contribution is 0.0274. The number of benzene rings is 1. The van der Waals surface area contributed by atoms with Crippen LogP contribution < -0.4 is 5.32 Å². The monoisotopic (exact) mass is 225 g/mol. The minimum Gasteiger partial charge on any atom is -0.478 e. The number of ether oxygens (including phenoxy) is 1. The van der Waals surface area contributed by atoms with Gasteiger partial charge in [-0.25, -0.2) is 9.18 Å². The summed E-state index contributed by atoms with van der Waals surface area (Å²) in [4.78, 5) is 10.8. The number of aromatic carboxylic acids is 1. The van der Waals surface area contributed by atoms with Crippen LogP contribution in [0.15, 0.2) is 18.2 Å². The Kier molecular flexibility index (Phi) is 3.17. The van der Waals surface area contributed by atoms with Gasteiger partial charge in [-0.15, -0.1) is 0 Å². The smallest absolute Gasteiger partial charge is 0.335 e. The Hall–Kier alpha value is -1.46. The van der Waals surface area contributed by atoms with Crippen molar-refractivity contribution in [3.63, 3.8) is 0 Å². The maximum absolute atomic E-state index is 13.2. The molecule has 16 heavy (non-hydrogen) atoms. The number of nitrogens with one attached hydrogen (secondary N) is 1. The molecule has 1 aromatic rings. The van der Waals surface area contributed by atoms with Crippen molar-refractivity contribution in [2.75, 3.05) is 19.7 Å². The molecule has 1 saturated heterocycles. The highest BCUT2D eigenvalue weighted by atomic mass is 19.1. The van der Waals surface area contributed by atoms with E-state index in [-0.39, 0.29) is 11.7 Å². The number of carboxylic acid groups (broad SMARTS) is 1. The summed E-state index contributed by atoms with van der Waals surface area (Å²) in [6.45, 7) is 1.88. The molecule has 0 amide bonds. The third-order valence-corrected chi connectivity index (χ3v) is 2.47. The van der Waals surface area contributed by atoms with Gasteiger partial charge in [0.05, 0.1) is 18.3 Å². The average Bonchev–Trinajstić information content (AvgIpc) is 2.29. The molecule has 0 aliphatic carbocycles. The first-order valence-electron chi connectivity index (χ1n) is 5.03. The van der Waals surface area contributed by atoms with E-state index < -0.39 is 11.8 Å². The van der Waals surface area contributed by atoms with Crippen molar-refractivity contribution in [1.82, 2.24) is 5.32 Å². The Labute approximate surface area is 92.0 Å². The Bertz CT molecular complexity index is 402. The summed E-state index contributed by atoms with van der Waals surface area (Å²) in [5.74, 6) is -1.69. The Balaban J connectivity index is 2.28. The van der Waals surface area contributed by atoms with Gasteiger partial charge in [-0.2, -0.15) is 0 Å². The molecule has 1 fully saturated rings. The average molecular weight is 225 g/mol.